The molecule has 0 aromatic heterocycles. The Morgan fingerprint density at radius 1 is 0.750 bits per heavy atom. The van der Waals surface area contributed by atoms with E-state index in [0.717, 1.165) is 0 Å². The Bertz CT molecular complexity index is 533. The Kier molecular flexibility index (Phi) is 2.32. The van der Waals surface area contributed by atoms with Gasteiger partial charge in [0, 0.05) is 0 Å². The highest BCUT2D eigenvalue weighted by molar-refractivity contribution is 6.10. The molecule has 2 N–H and O–H groups in total. The van der Waals surface area contributed by atoms with Gasteiger partial charge < -0.3 is 10.2 Å². The van der Waals surface area contributed by atoms with Gasteiger partial charge in [-0.05, 0) is 22.9 Å². The van der Waals surface area contributed by atoms with Crippen molar-refractivity contribution in [2.75, 3.05) is 0 Å². The molecule has 0 unspecified atom stereocenters. The van der Waals surface area contributed by atoms with Crippen molar-refractivity contribution < 1.29 is 19.8 Å². The van der Waals surface area contributed by atoms with Gasteiger partial charge >= 0.3 is 11.9 Å². The van der Waals surface area contributed by atoms with Crippen molar-refractivity contribution in [2.24, 2.45) is 0 Å². The summed E-state index contributed by atoms with van der Waals surface area (Å²) in [6.45, 7) is 0. The molecule has 0 bridgehead atoms. The highest BCUT2D eigenvalue weighted by Crippen LogP contribution is 2.22. The first-order valence-electron chi connectivity index (χ1n) is 4.59. The molecule has 0 atom stereocenters. The number of carboxylic acid groups (broad SMARTS) is 2. The van der Waals surface area contributed by atoms with Gasteiger partial charge in [0.05, 0.1) is 11.1 Å². The van der Waals surface area contributed by atoms with Crippen LogP contribution in [0.5, 0.6) is 0 Å². The summed E-state index contributed by atoms with van der Waals surface area (Å²) in [5, 5.41) is 18.8. The molecule has 0 fully saturated rings. The Morgan fingerprint density at radius 2 is 1.12 bits per heavy atom. The van der Waals surface area contributed by atoms with E-state index in [2.05, 4.69) is 0 Å². The van der Waals surface area contributed by atoms with Gasteiger partial charge in [-0.3, -0.25) is 0 Å². The molecular formula is C12H8O4. The minimum Gasteiger partial charge on any atom is -0.478 e. The summed E-state index contributed by atoms with van der Waals surface area (Å²) < 4.78 is 0. The number of benzene rings is 2. The Labute approximate surface area is 90.8 Å². The van der Waals surface area contributed by atoms with E-state index in [4.69, 9.17) is 10.2 Å². The van der Waals surface area contributed by atoms with E-state index >= 15 is 0 Å². The quantitative estimate of drug-likeness (QED) is 0.807. The number of carbonyl (C=O) groups is 2. The summed E-state index contributed by atoms with van der Waals surface area (Å²) in [6.07, 6.45) is 0. The molecule has 0 aliphatic heterocycles. The summed E-state index contributed by atoms with van der Waals surface area (Å²) in [4.78, 5) is 21.9. The Morgan fingerprint density at radius 3 is 1.44 bits per heavy atom. The first kappa shape index (κ1) is 10.2. The SMILES string of the molecule is O=C(O)c1cccc2c(C(=O)O)cccc12. The number of hydrogen-bond donors (Lipinski definition) is 2. The molecule has 0 aliphatic rings. The molecule has 2 rings (SSSR count). The van der Waals surface area contributed by atoms with Gasteiger partial charge in [-0.25, -0.2) is 9.59 Å². The van der Waals surface area contributed by atoms with E-state index in [1.165, 1.54) is 24.3 Å². The lowest BCUT2D eigenvalue weighted by atomic mass is 10.0. The van der Waals surface area contributed by atoms with Gasteiger partial charge in [0.2, 0.25) is 0 Å². The molecule has 0 aliphatic carbocycles. The number of aromatic carboxylic acids is 2. The van der Waals surface area contributed by atoms with E-state index in [-0.39, 0.29) is 11.1 Å². The molecule has 0 radical (unpaired) electrons. The molecule has 0 saturated heterocycles. The predicted molar refractivity (Wildman–Crippen MR) is 57.9 cm³/mol. The summed E-state index contributed by atoms with van der Waals surface area (Å²) in [6, 6.07) is 9.19. The first-order chi connectivity index (χ1) is 7.61. The fourth-order valence-corrected chi connectivity index (χ4v) is 1.68. The molecule has 4 heteroatoms. The average molecular weight is 216 g/mol. The van der Waals surface area contributed by atoms with Gasteiger partial charge in [0.25, 0.3) is 0 Å². The van der Waals surface area contributed by atoms with Crippen LogP contribution in [0.3, 0.4) is 0 Å². The second kappa shape index (κ2) is 3.66. The fourth-order valence-electron chi connectivity index (χ4n) is 1.68. The topological polar surface area (TPSA) is 74.6 Å². The second-order valence-electron chi connectivity index (χ2n) is 3.32. The molecule has 0 amide bonds. The van der Waals surface area contributed by atoms with Crippen molar-refractivity contribution in [3.8, 4) is 0 Å². The molecule has 80 valence electrons. The van der Waals surface area contributed by atoms with Crippen LogP contribution in [0.2, 0.25) is 0 Å². The van der Waals surface area contributed by atoms with Crippen LogP contribution in [-0.4, -0.2) is 22.2 Å². The summed E-state index contributed by atoms with van der Waals surface area (Å²) >= 11 is 0. The van der Waals surface area contributed by atoms with Gasteiger partial charge in [-0.15, -0.1) is 0 Å². The third kappa shape index (κ3) is 1.50. The lowest BCUT2D eigenvalue weighted by Crippen LogP contribution is -2.01. The lowest BCUT2D eigenvalue weighted by molar-refractivity contribution is 0.0686. The normalized spacial score (nSPS) is 10.2. The van der Waals surface area contributed by atoms with Crippen LogP contribution < -0.4 is 0 Å². The molecule has 0 spiro atoms. The van der Waals surface area contributed by atoms with Crippen LogP contribution in [0, 0.1) is 0 Å². The molecule has 16 heavy (non-hydrogen) atoms. The lowest BCUT2D eigenvalue weighted by Gasteiger charge is -2.04. The monoisotopic (exact) mass is 216 g/mol. The van der Waals surface area contributed by atoms with Crippen LogP contribution >= 0.6 is 0 Å². The van der Waals surface area contributed by atoms with Gasteiger partial charge in [-0.1, -0.05) is 24.3 Å². The smallest absolute Gasteiger partial charge is 0.336 e. The highest BCUT2D eigenvalue weighted by Gasteiger charge is 2.12. The van der Waals surface area contributed by atoms with E-state index in [1.54, 1.807) is 12.1 Å². The number of fused-ring (bicyclic) bond motifs is 1. The van der Waals surface area contributed by atoms with Crippen LogP contribution in [0.4, 0.5) is 0 Å². The molecule has 0 saturated carbocycles. The van der Waals surface area contributed by atoms with Crippen LogP contribution in [-0.2, 0) is 0 Å². The standard InChI is InChI=1S/C12H8O4/c13-11(14)9-5-1-3-7-8(9)4-2-6-10(7)12(15)16/h1-6H,(H,13,14)(H,15,16). The molecule has 0 heterocycles. The van der Waals surface area contributed by atoms with Crippen LogP contribution in [0.15, 0.2) is 36.4 Å². The minimum absolute atomic E-state index is 0.112. The highest BCUT2D eigenvalue weighted by atomic mass is 16.4. The molecule has 4 nitrogen and oxygen atoms in total. The molecular weight excluding hydrogens is 208 g/mol. The van der Waals surface area contributed by atoms with Gasteiger partial charge in [0.1, 0.15) is 0 Å². The Balaban J connectivity index is 2.86. The summed E-state index contributed by atoms with van der Waals surface area (Å²) in [7, 11) is 0. The van der Waals surface area contributed by atoms with E-state index in [0.29, 0.717) is 10.8 Å². The second-order valence-corrected chi connectivity index (χ2v) is 3.32. The van der Waals surface area contributed by atoms with E-state index in [9.17, 15) is 9.59 Å². The largest absolute Gasteiger partial charge is 0.478 e. The third-order valence-corrected chi connectivity index (χ3v) is 2.38. The van der Waals surface area contributed by atoms with Gasteiger partial charge in [0.15, 0.2) is 0 Å². The minimum atomic E-state index is -1.06. The summed E-state index contributed by atoms with van der Waals surface area (Å²) in [5.41, 5.74) is 0.223. The van der Waals surface area contributed by atoms with Crippen molar-refractivity contribution in [3.05, 3.63) is 47.5 Å². The Hall–Kier alpha value is -2.36. The third-order valence-electron chi connectivity index (χ3n) is 2.38. The maximum atomic E-state index is 10.9. The molecule has 2 aromatic carbocycles. The maximum Gasteiger partial charge on any atom is 0.336 e. The number of rotatable bonds is 2. The first-order valence-corrected chi connectivity index (χ1v) is 4.59. The van der Waals surface area contributed by atoms with Crippen LogP contribution in [0.25, 0.3) is 10.8 Å². The molecule has 2 aromatic rings. The number of carboxylic acids is 2. The van der Waals surface area contributed by atoms with Crippen molar-refractivity contribution in [2.45, 2.75) is 0 Å². The van der Waals surface area contributed by atoms with Crippen molar-refractivity contribution in [3.63, 3.8) is 0 Å². The zero-order valence-electron chi connectivity index (χ0n) is 8.18. The van der Waals surface area contributed by atoms with Crippen molar-refractivity contribution in [1.29, 1.82) is 0 Å². The maximum absolute atomic E-state index is 10.9. The zero-order valence-corrected chi connectivity index (χ0v) is 8.18. The van der Waals surface area contributed by atoms with E-state index in [1.807, 2.05) is 0 Å². The van der Waals surface area contributed by atoms with Crippen LogP contribution in [0.1, 0.15) is 20.7 Å². The van der Waals surface area contributed by atoms with Crippen molar-refractivity contribution in [1.82, 2.24) is 0 Å². The number of hydrogen-bond acceptors (Lipinski definition) is 2. The van der Waals surface area contributed by atoms with Crippen molar-refractivity contribution >= 4 is 22.7 Å². The zero-order chi connectivity index (χ0) is 11.7. The van der Waals surface area contributed by atoms with Gasteiger partial charge in [-0.2, -0.15) is 0 Å². The fraction of sp³-hybridized carbons (Fsp3) is 0. The average Bonchev–Trinajstić information content (AvgIpc) is 2.27. The predicted octanol–water partition coefficient (Wildman–Crippen LogP) is 2.24. The summed E-state index contributed by atoms with van der Waals surface area (Å²) in [5.74, 6) is -2.12. The van der Waals surface area contributed by atoms with E-state index < -0.39 is 11.9 Å².